The Morgan fingerprint density at radius 2 is 2.13 bits per heavy atom. The Kier molecular flexibility index (Phi) is 5.52. The van der Waals surface area contributed by atoms with Gasteiger partial charge in [-0.05, 0) is 55.7 Å². The number of likely N-dealkylation sites (tertiary alicyclic amines) is 1. The van der Waals surface area contributed by atoms with Crippen LogP contribution in [0.2, 0.25) is 0 Å². The topological polar surface area (TPSA) is 78.1 Å². The molecule has 2 fully saturated rings. The van der Waals surface area contributed by atoms with Gasteiger partial charge in [0.2, 0.25) is 11.8 Å². The second-order valence-electron chi connectivity index (χ2n) is 8.82. The number of rotatable bonds is 6. The van der Waals surface area contributed by atoms with Crippen molar-refractivity contribution in [2.45, 2.75) is 62.9 Å². The zero-order valence-electron chi connectivity index (χ0n) is 17.6. The Balaban J connectivity index is 1.31. The number of imidazole rings is 1. The number of aromatic amines is 1. The number of benzene rings is 1. The highest BCUT2D eigenvalue weighted by Crippen LogP contribution is 2.34. The van der Waals surface area contributed by atoms with Crippen molar-refractivity contribution < 1.29 is 9.59 Å². The standard InChI is InChI=1S/C24H28N4O2S/c29-21-10-12-24(27-21,16-17-6-5-15-31-17)13-11-22(30)28-14-4-3-9-20(28)23-25-18-7-1-2-8-19(18)26-23/h1-2,5-8,15,20H,3-4,9-14,16H2,(H,25,26)(H,27,29)/t20-,24+/m0/s1. The van der Waals surface area contributed by atoms with E-state index in [2.05, 4.69) is 21.7 Å². The highest BCUT2D eigenvalue weighted by molar-refractivity contribution is 7.09. The van der Waals surface area contributed by atoms with Gasteiger partial charge in [0.1, 0.15) is 5.82 Å². The molecule has 0 bridgehead atoms. The number of H-pyrrole nitrogens is 1. The first-order valence-corrected chi connectivity index (χ1v) is 12.1. The molecule has 0 aliphatic carbocycles. The number of hydrogen-bond donors (Lipinski definition) is 2. The van der Waals surface area contributed by atoms with E-state index in [4.69, 9.17) is 4.98 Å². The first kappa shape index (κ1) is 20.2. The normalized spacial score (nSPS) is 23.9. The van der Waals surface area contributed by atoms with Crippen LogP contribution >= 0.6 is 11.3 Å². The highest BCUT2D eigenvalue weighted by Gasteiger charge is 2.39. The maximum Gasteiger partial charge on any atom is 0.223 e. The van der Waals surface area contributed by atoms with Gasteiger partial charge in [-0.1, -0.05) is 18.2 Å². The van der Waals surface area contributed by atoms with Crippen molar-refractivity contribution in [1.82, 2.24) is 20.2 Å². The van der Waals surface area contributed by atoms with Crippen LogP contribution in [0.25, 0.3) is 11.0 Å². The van der Waals surface area contributed by atoms with E-state index in [0.717, 1.165) is 55.5 Å². The Morgan fingerprint density at radius 1 is 1.23 bits per heavy atom. The molecule has 2 saturated heterocycles. The Bertz CT molecular complexity index is 1040. The number of aromatic nitrogens is 2. The molecule has 2 N–H and O–H groups in total. The van der Waals surface area contributed by atoms with Gasteiger partial charge >= 0.3 is 0 Å². The lowest BCUT2D eigenvalue weighted by molar-refractivity contribution is -0.136. The molecule has 6 nitrogen and oxygen atoms in total. The van der Waals surface area contributed by atoms with Crippen molar-refractivity contribution in [3.63, 3.8) is 0 Å². The third-order valence-electron chi connectivity index (χ3n) is 6.69. The number of carbonyl (C=O) groups excluding carboxylic acids is 2. The summed E-state index contributed by atoms with van der Waals surface area (Å²) in [7, 11) is 0. The van der Waals surface area contributed by atoms with Crippen LogP contribution in [0.15, 0.2) is 41.8 Å². The second-order valence-corrected chi connectivity index (χ2v) is 9.85. The quantitative estimate of drug-likeness (QED) is 0.603. The lowest BCUT2D eigenvalue weighted by atomic mass is 9.87. The van der Waals surface area contributed by atoms with Gasteiger partial charge in [-0.3, -0.25) is 9.59 Å². The number of amides is 2. The number of piperidine rings is 1. The highest BCUT2D eigenvalue weighted by atomic mass is 32.1. The molecule has 2 aliphatic heterocycles. The summed E-state index contributed by atoms with van der Waals surface area (Å²) >= 11 is 1.71. The monoisotopic (exact) mass is 436 g/mol. The van der Waals surface area contributed by atoms with Crippen LogP contribution in [0.3, 0.4) is 0 Å². The molecule has 2 aromatic heterocycles. The molecule has 31 heavy (non-hydrogen) atoms. The molecule has 5 rings (SSSR count). The number of nitrogens with zero attached hydrogens (tertiary/aromatic N) is 2. The average Bonchev–Trinajstić information content (AvgIpc) is 3.53. The molecule has 0 spiro atoms. The molecule has 7 heteroatoms. The van der Waals surface area contributed by atoms with E-state index in [0.29, 0.717) is 19.3 Å². The van der Waals surface area contributed by atoms with Gasteiger partial charge in [0.05, 0.1) is 17.1 Å². The van der Waals surface area contributed by atoms with Crippen LogP contribution < -0.4 is 5.32 Å². The fourth-order valence-electron chi connectivity index (χ4n) is 5.06. The molecule has 0 unspecified atom stereocenters. The summed E-state index contributed by atoms with van der Waals surface area (Å²) in [5, 5.41) is 5.27. The van der Waals surface area contributed by atoms with E-state index in [9.17, 15) is 9.59 Å². The molecule has 3 aromatic rings. The van der Waals surface area contributed by atoms with E-state index < -0.39 is 0 Å². The fourth-order valence-corrected chi connectivity index (χ4v) is 5.91. The summed E-state index contributed by atoms with van der Waals surface area (Å²) < 4.78 is 0. The molecule has 162 valence electrons. The molecule has 0 radical (unpaired) electrons. The first-order valence-electron chi connectivity index (χ1n) is 11.2. The van der Waals surface area contributed by atoms with Gasteiger partial charge < -0.3 is 15.2 Å². The van der Waals surface area contributed by atoms with Gasteiger partial charge in [-0.25, -0.2) is 4.98 Å². The molecule has 2 amide bonds. The van der Waals surface area contributed by atoms with Crippen LogP contribution in [0.4, 0.5) is 0 Å². The minimum atomic E-state index is -0.303. The van der Waals surface area contributed by atoms with E-state index in [-0.39, 0.29) is 23.4 Å². The Morgan fingerprint density at radius 3 is 2.90 bits per heavy atom. The van der Waals surface area contributed by atoms with E-state index >= 15 is 0 Å². The average molecular weight is 437 g/mol. The predicted octanol–water partition coefficient (Wildman–Crippen LogP) is 4.35. The van der Waals surface area contributed by atoms with Gasteiger partial charge in [0, 0.05) is 36.2 Å². The third-order valence-corrected chi connectivity index (χ3v) is 7.57. The Labute approximate surface area is 186 Å². The zero-order valence-corrected chi connectivity index (χ0v) is 18.4. The molecular formula is C24H28N4O2S. The molecule has 2 aliphatic rings. The molecule has 4 heterocycles. The smallest absolute Gasteiger partial charge is 0.223 e. The van der Waals surface area contributed by atoms with Crippen molar-refractivity contribution in [3.05, 3.63) is 52.5 Å². The van der Waals surface area contributed by atoms with Crippen LogP contribution in [-0.2, 0) is 16.0 Å². The summed E-state index contributed by atoms with van der Waals surface area (Å²) in [4.78, 5) is 36.9. The van der Waals surface area contributed by atoms with Crippen molar-refractivity contribution in [2.75, 3.05) is 6.54 Å². The number of carbonyl (C=O) groups is 2. The van der Waals surface area contributed by atoms with Crippen LogP contribution in [-0.4, -0.2) is 38.8 Å². The number of nitrogens with one attached hydrogen (secondary N) is 2. The lowest BCUT2D eigenvalue weighted by Gasteiger charge is -2.36. The lowest BCUT2D eigenvalue weighted by Crippen LogP contribution is -2.45. The Hall–Kier alpha value is -2.67. The molecule has 0 saturated carbocycles. The number of fused-ring (bicyclic) bond motifs is 1. The van der Waals surface area contributed by atoms with E-state index in [1.54, 1.807) is 11.3 Å². The summed E-state index contributed by atoms with van der Waals surface area (Å²) in [6.07, 6.45) is 6.33. The third kappa shape index (κ3) is 4.24. The second kappa shape index (κ2) is 8.46. The number of hydrogen-bond acceptors (Lipinski definition) is 4. The molecule has 2 atom stereocenters. The summed E-state index contributed by atoms with van der Waals surface area (Å²) in [6.45, 7) is 0.769. The minimum Gasteiger partial charge on any atom is -0.350 e. The fraction of sp³-hybridized carbons (Fsp3) is 0.458. The van der Waals surface area contributed by atoms with E-state index in [1.807, 2.05) is 35.2 Å². The zero-order chi connectivity index (χ0) is 21.3. The van der Waals surface area contributed by atoms with Gasteiger partial charge in [-0.15, -0.1) is 11.3 Å². The molecule has 1 aromatic carbocycles. The van der Waals surface area contributed by atoms with Gasteiger partial charge in [0.15, 0.2) is 0 Å². The maximum atomic E-state index is 13.4. The van der Waals surface area contributed by atoms with Crippen LogP contribution in [0.5, 0.6) is 0 Å². The van der Waals surface area contributed by atoms with Gasteiger partial charge in [-0.2, -0.15) is 0 Å². The summed E-state index contributed by atoms with van der Waals surface area (Å²) in [5.74, 6) is 1.15. The van der Waals surface area contributed by atoms with Crippen LogP contribution in [0, 0.1) is 0 Å². The SMILES string of the molecule is O=C1CC[C@@](CCC(=O)N2CCCC[C@H]2c2nc3ccccc3[nH]2)(Cc2cccs2)N1. The van der Waals surface area contributed by atoms with Gasteiger partial charge in [0.25, 0.3) is 0 Å². The number of para-hydroxylation sites is 2. The molecular weight excluding hydrogens is 408 g/mol. The van der Waals surface area contributed by atoms with E-state index in [1.165, 1.54) is 4.88 Å². The van der Waals surface area contributed by atoms with Crippen molar-refractivity contribution in [2.24, 2.45) is 0 Å². The largest absolute Gasteiger partial charge is 0.350 e. The maximum absolute atomic E-state index is 13.4. The summed E-state index contributed by atoms with van der Waals surface area (Å²) in [5.41, 5.74) is 1.65. The number of thiophene rings is 1. The predicted molar refractivity (Wildman–Crippen MR) is 122 cm³/mol. The van der Waals surface area contributed by atoms with Crippen molar-refractivity contribution >= 4 is 34.2 Å². The van der Waals surface area contributed by atoms with Crippen molar-refractivity contribution in [1.29, 1.82) is 0 Å². The minimum absolute atomic E-state index is 0.0000603. The summed E-state index contributed by atoms with van der Waals surface area (Å²) in [6, 6.07) is 12.2. The first-order chi connectivity index (χ1) is 15.1. The van der Waals surface area contributed by atoms with Crippen LogP contribution in [0.1, 0.15) is 61.7 Å². The van der Waals surface area contributed by atoms with Crippen molar-refractivity contribution in [3.8, 4) is 0 Å².